The van der Waals surface area contributed by atoms with E-state index in [0.717, 1.165) is 0 Å². The Kier molecular flexibility index (Phi) is 6.50. The normalized spacial score (nSPS) is 13.1. The Morgan fingerprint density at radius 3 is 2.47 bits per heavy atom. The van der Waals surface area contributed by atoms with Crippen molar-refractivity contribution in [3.8, 4) is 0 Å². The summed E-state index contributed by atoms with van der Waals surface area (Å²) < 4.78 is 35.2. The molecule has 15 heavy (non-hydrogen) atoms. The van der Waals surface area contributed by atoms with Crippen molar-refractivity contribution < 1.29 is 13.2 Å². The number of halogens is 3. The first kappa shape index (κ1) is 14.4. The van der Waals surface area contributed by atoms with Gasteiger partial charge in [-0.05, 0) is 25.6 Å². The van der Waals surface area contributed by atoms with Crippen molar-refractivity contribution in [2.45, 2.75) is 25.4 Å². The molecule has 0 aliphatic rings. The molecular formula is C7H15F3N4S. The van der Waals surface area contributed by atoms with Gasteiger partial charge in [-0.15, -0.1) is 0 Å². The molecule has 0 unspecified atom stereocenters. The van der Waals surface area contributed by atoms with Gasteiger partial charge in [-0.2, -0.15) is 13.2 Å². The molecule has 0 rings (SSSR count). The lowest BCUT2D eigenvalue weighted by molar-refractivity contribution is -0.0327. The van der Waals surface area contributed by atoms with Gasteiger partial charge >= 0.3 is 5.51 Å². The highest BCUT2D eigenvalue weighted by atomic mass is 32.2. The van der Waals surface area contributed by atoms with E-state index < -0.39 is 5.51 Å². The number of guanidine groups is 1. The maximum atomic E-state index is 11.7. The first-order chi connectivity index (χ1) is 6.85. The number of rotatable bonds is 4. The molecule has 0 saturated carbocycles. The molecule has 0 aromatic carbocycles. The van der Waals surface area contributed by atoms with Crippen molar-refractivity contribution in [1.29, 1.82) is 0 Å². The Balaban J connectivity index is 3.81. The van der Waals surface area contributed by atoms with Crippen LogP contribution in [0.1, 0.15) is 13.8 Å². The number of thioether (sulfide) groups is 1. The number of nitrogens with one attached hydrogen (secondary N) is 2. The first-order valence-corrected chi connectivity index (χ1v) is 5.32. The second-order valence-electron chi connectivity index (χ2n) is 2.97. The summed E-state index contributed by atoms with van der Waals surface area (Å²) in [6.45, 7) is 3.80. The van der Waals surface area contributed by atoms with E-state index in [1.54, 1.807) is 0 Å². The van der Waals surface area contributed by atoms with E-state index in [9.17, 15) is 13.2 Å². The van der Waals surface area contributed by atoms with Crippen LogP contribution in [0.4, 0.5) is 13.2 Å². The molecule has 0 aromatic heterocycles. The predicted octanol–water partition coefficient (Wildman–Crippen LogP) is 1.06. The molecule has 0 heterocycles. The van der Waals surface area contributed by atoms with Gasteiger partial charge in [0.15, 0.2) is 0 Å². The summed E-state index contributed by atoms with van der Waals surface area (Å²) in [7, 11) is 0. The fourth-order valence-corrected chi connectivity index (χ4v) is 1.14. The van der Waals surface area contributed by atoms with Crippen LogP contribution in [0.2, 0.25) is 0 Å². The zero-order valence-electron chi connectivity index (χ0n) is 8.56. The minimum absolute atomic E-state index is 0.0590. The lowest BCUT2D eigenvalue weighted by Crippen LogP contribution is -2.44. The van der Waals surface area contributed by atoms with E-state index in [2.05, 4.69) is 15.7 Å². The molecule has 90 valence electrons. The van der Waals surface area contributed by atoms with E-state index in [0.29, 0.717) is 5.96 Å². The van der Waals surface area contributed by atoms with Crippen molar-refractivity contribution in [2.24, 2.45) is 10.8 Å². The first-order valence-electron chi connectivity index (χ1n) is 4.33. The maximum absolute atomic E-state index is 11.7. The van der Waals surface area contributed by atoms with Gasteiger partial charge in [0.1, 0.15) is 0 Å². The van der Waals surface area contributed by atoms with E-state index in [-0.39, 0.29) is 30.1 Å². The molecule has 0 aromatic rings. The Bertz CT molecular complexity index is 205. The molecule has 4 nitrogen and oxygen atoms in total. The topological polar surface area (TPSA) is 62.4 Å². The molecule has 4 N–H and O–H groups in total. The van der Waals surface area contributed by atoms with Crippen molar-refractivity contribution >= 4 is 17.7 Å². The molecule has 0 atom stereocenters. The lowest BCUT2D eigenvalue weighted by Gasteiger charge is -2.11. The molecular weight excluding hydrogens is 229 g/mol. The standard InChI is InChI=1S/C7H15F3N4S/c1-5(2)13-6(14-11)12-3-4-15-7(8,9)10/h5H,3-4,11H2,1-2H3,(H2,12,13,14). The predicted molar refractivity (Wildman–Crippen MR) is 56.4 cm³/mol. The summed E-state index contributed by atoms with van der Waals surface area (Å²) in [4.78, 5) is 3.83. The second-order valence-corrected chi connectivity index (χ2v) is 4.13. The van der Waals surface area contributed by atoms with Crippen LogP contribution in [0.15, 0.2) is 4.99 Å². The van der Waals surface area contributed by atoms with Crippen LogP contribution in [0, 0.1) is 0 Å². The van der Waals surface area contributed by atoms with E-state index in [1.807, 2.05) is 13.8 Å². The van der Waals surface area contributed by atoms with Gasteiger partial charge in [-0.3, -0.25) is 10.4 Å². The number of hydrogen-bond acceptors (Lipinski definition) is 3. The highest BCUT2D eigenvalue weighted by Crippen LogP contribution is 2.29. The van der Waals surface area contributed by atoms with Gasteiger partial charge < -0.3 is 5.32 Å². The van der Waals surface area contributed by atoms with E-state index in [4.69, 9.17) is 5.84 Å². The average molecular weight is 244 g/mol. The van der Waals surface area contributed by atoms with E-state index in [1.165, 1.54) is 0 Å². The molecule has 0 spiro atoms. The molecule has 0 saturated heterocycles. The van der Waals surface area contributed by atoms with Gasteiger partial charge in [0.05, 0.1) is 6.54 Å². The van der Waals surface area contributed by atoms with Gasteiger partial charge in [-0.25, -0.2) is 5.84 Å². The highest BCUT2D eigenvalue weighted by Gasteiger charge is 2.27. The van der Waals surface area contributed by atoms with Crippen LogP contribution in [0.25, 0.3) is 0 Å². The van der Waals surface area contributed by atoms with Gasteiger partial charge in [-0.1, -0.05) is 0 Å². The molecule has 0 aliphatic heterocycles. The maximum Gasteiger partial charge on any atom is 0.441 e. The third-order valence-electron chi connectivity index (χ3n) is 1.19. The van der Waals surface area contributed by atoms with Gasteiger partial charge in [0, 0.05) is 11.8 Å². The van der Waals surface area contributed by atoms with Gasteiger partial charge in [0.25, 0.3) is 0 Å². The van der Waals surface area contributed by atoms with Crippen LogP contribution in [-0.2, 0) is 0 Å². The molecule has 8 heteroatoms. The molecule has 0 amide bonds. The minimum atomic E-state index is -4.20. The van der Waals surface area contributed by atoms with Crippen LogP contribution in [-0.4, -0.2) is 29.8 Å². The number of nitrogens with two attached hydrogens (primary N) is 1. The van der Waals surface area contributed by atoms with Crippen LogP contribution in [0.3, 0.4) is 0 Å². The number of hydrogen-bond donors (Lipinski definition) is 3. The van der Waals surface area contributed by atoms with E-state index >= 15 is 0 Å². The fourth-order valence-electron chi connectivity index (χ4n) is 0.725. The zero-order chi connectivity index (χ0) is 11.9. The molecule has 0 radical (unpaired) electrons. The van der Waals surface area contributed by atoms with Crippen molar-refractivity contribution in [3.05, 3.63) is 0 Å². The quantitative estimate of drug-likeness (QED) is 0.227. The summed E-state index contributed by atoms with van der Waals surface area (Å²) in [5.41, 5.74) is -1.92. The molecule has 0 fully saturated rings. The third-order valence-corrected chi connectivity index (χ3v) is 1.90. The Labute approximate surface area is 90.9 Å². The minimum Gasteiger partial charge on any atom is -0.353 e. The summed E-state index contributed by atoms with van der Waals surface area (Å²) >= 11 is -0.0985. The SMILES string of the molecule is CC(C)NC(=NCCSC(F)(F)F)NN. The molecule has 0 aliphatic carbocycles. The van der Waals surface area contributed by atoms with Crippen LogP contribution in [0.5, 0.6) is 0 Å². The van der Waals surface area contributed by atoms with Crippen molar-refractivity contribution in [3.63, 3.8) is 0 Å². The Morgan fingerprint density at radius 1 is 1.47 bits per heavy atom. The summed E-state index contributed by atoms with van der Waals surface area (Å²) in [6, 6.07) is 0.120. The lowest BCUT2D eigenvalue weighted by atomic mass is 10.4. The number of aliphatic imine (C=N–C) groups is 1. The Hall–Kier alpha value is -0.630. The van der Waals surface area contributed by atoms with Crippen molar-refractivity contribution in [2.75, 3.05) is 12.3 Å². The smallest absolute Gasteiger partial charge is 0.353 e. The summed E-state index contributed by atoms with van der Waals surface area (Å²) in [5.74, 6) is 5.30. The fraction of sp³-hybridized carbons (Fsp3) is 0.857. The number of alkyl halides is 3. The highest BCUT2D eigenvalue weighted by molar-refractivity contribution is 8.00. The molecule has 0 bridgehead atoms. The van der Waals surface area contributed by atoms with Crippen molar-refractivity contribution in [1.82, 2.24) is 10.7 Å². The third kappa shape index (κ3) is 9.67. The largest absolute Gasteiger partial charge is 0.441 e. The van der Waals surface area contributed by atoms with Gasteiger partial charge in [0.2, 0.25) is 5.96 Å². The van der Waals surface area contributed by atoms with Crippen LogP contribution < -0.4 is 16.6 Å². The second kappa shape index (κ2) is 6.78. The van der Waals surface area contributed by atoms with Crippen LogP contribution >= 0.6 is 11.8 Å². The number of nitrogens with zero attached hydrogens (tertiary/aromatic N) is 1. The number of hydrazine groups is 1. The average Bonchev–Trinajstić information content (AvgIpc) is 2.08. The summed E-state index contributed by atoms with van der Waals surface area (Å²) in [5, 5.41) is 2.85. The zero-order valence-corrected chi connectivity index (χ0v) is 9.37. The summed E-state index contributed by atoms with van der Waals surface area (Å²) in [6.07, 6.45) is 0. The Morgan fingerprint density at radius 2 is 2.07 bits per heavy atom. The monoisotopic (exact) mass is 244 g/mol.